The van der Waals surface area contributed by atoms with E-state index in [-0.39, 0.29) is 0 Å². The number of imidazole rings is 1. The molecule has 3 heterocycles. The second-order valence-corrected chi connectivity index (χ2v) is 5.72. The van der Waals surface area contributed by atoms with E-state index in [4.69, 9.17) is 17.3 Å². The van der Waals surface area contributed by atoms with Gasteiger partial charge in [-0.2, -0.15) is 0 Å². The second-order valence-electron chi connectivity index (χ2n) is 4.23. The van der Waals surface area contributed by atoms with Crippen molar-refractivity contribution in [3.63, 3.8) is 0 Å². The summed E-state index contributed by atoms with van der Waals surface area (Å²) in [6.45, 7) is 2.71. The summed E-state index contributed by atoms with van der Waals surface area (Å²) in [6.07, 6.45) is 2.42. The zero-order valence-electron chi connectivity index (χ0n) is 10.3. The van der Waals surface area contributed by atoms with E-state index in [9.17, 15) is 0 Å². The third kappa shape index (κ3) is 2.41. The van der Waals surface area contributed by atoms with Crippen molar-refractivity contribution in [1.29, 1.82) is 0 Å². The van der Waals surface area contributed by atoms with Crippen LogP contribution in [0.3, 0.4) is 0 Å². The maximum atomic E-state index is 5.92. The number of hydrogen-bond donors (Lipinski definition) is 1. The minimum atomic E-state index is 0.455. The molecule has 0 spiro atoms. The van der Waals surface area contributed by atoms with Gasteiger partial charge in [-0.15, -0.1) is 11.3 Å². The standard InChI is InChI=1S/C12H12ClN5S/c1-7-16-9(6-19-7)2-3-18-11-10(17-12(18)14)4-8(13)5-15-11/h4-6H,2-3H2,1H3,(H2,14,17). The molecule has 0 radical (unpaired) electrons. The number of hydrogen-bond acceptors (Lipinski definition) is 5. The molecule has 0 saturated carbocycles. The number of aryl methyl sites for hydroxylation is 3. The van der Waals surface area contributed by atoms with Gasteiger partial charge in [-0.1, -0.05) is 11.6 Å². The normalized spacial score (nSPS) is 11.3. The van der Waals surface area contributed by atoms with E-state index in [0.717, 1.165) is 28.3 Å². The molecule has 0 aliphatic carbocycles. The highest BCUT2D eigenvalue weighted by atomic mass is 35.5. The topological polar surface area (TPSA) is 69.6 Å². The molecule has 3 aromatic heterocycles. The minimum absolute atomic E-state index is 0.455. The lowest BCUT2D eigenvalue weighted by Crippen LogP contribution is -2.06. The second kappa shape index (κ2) is 4.79. The average molecular weight is 294 g/mol. The number of anilines is 1. The van der Waals surface area contributed by atoms with Crippen LogP contribution in [0.25, 0.3) is 11.2 Å². The molecule has 0 fully saturated rings. The van der Waals surface area contributed by atoms with Gasteiger partial charge in [0.05, 0.1) is 15.7 Å². The Balaban J connectivity index is 1.90. The van der Waals surface area contributed by atoms with Crippen molar-refractivity contribution in [2.24, 2.45) is 0 Å². The predicted octanol–water partition coefficient (Wildman–Crippen LogP) is 2.67. The van der Waals surface area contributed by atoms with Crippen LogP contribution in [0.2, 0.25) is 5.02 Å². The highest BCUT2D eigenvalue weighted by Crippen LogP contribution is 2.20. The summed E-state index contributed by atoms with van der Waals surface area (Å²) in [4.78, 5) is 13.0. The molecule has 0 aromatic carbocycles. The molecule has 2 N–H and O–H groups in total. The van der Waals surface area contributed by atoms with E-state index in [0.29, 0.717) is 17.5 Å². The molecule has 3 rings (SSSR count). The summed E-state index contributed by atoms with van der Waals surface area (Å²) in [5, 5.41) is 3.70. The number of thiazole rings is 1. The molecule has 0 saturated heterocycles. The molecule has 19 heavy (non-hydrogen) atoms. The first-order valence-corrected chi connectivity index (χ1v) is 7.07. The van der Waals surface area contributed by atoms with Crippen LogP contribution in [0.1, 0.15) is 10.7 Å². The fraction of sp³-hybridized carbons (Fsp3) is 0.250. The summed E-state index contributed by atoms with van der Waals surface area (Å²) >= 11 is 7.55. The van der Waals surface area contributed by atoms with Crippen LogP contribution in [0.4, 0.5) is 5.95 Å². The number of halogens is 1. The molecule has 0 aliphatic rings. The molecule has 5 nitrogen and oxygen atoms in total. The Kier molecular flexibility index (Phi) is 3.12. The first kappa shape index (κ1) is 12.4. The van der Waals surface area contributed by atoms with Gasteiger partial charge in [0, 0.05) is 24.5 Å². The van der Waals surface area contributed by atoms with Crippen molar-refractivity contribution in [2.75, 3.05) is 5.73 Å². The average Bonchev–Trinajstić information content (AvgIpc) is 2.89. The maximum absolute atomic E-state index is 5.92. The van der Waals surface area contributed by atoms with Gasteiger partial charge in [0.15, 0.2) is 5.65 Å². The van der Waals surface area contributed by atoms with Crippen LogP contribution < -0.4 is 5.73 Å². The van der Waals surface area contributed by atoms with Crippen LogP contribution in [-0.2, 0) is 13.0 Å². The molecule has 0 atom stereocenters. The molecular formula is C12H12ClN5S. The van der Waals surface area contributed by atoms with Gasteiger partial charge in [-0.25, -0.2) is 15.0 Å². The van der Waals surface area contributed by atoms with E-state index in [1.807, 2.05) is 11.5 Å². The summed E-state index contributed by atoms with van der Waals surface area (Å²) < 4.78 is 1.89. The van der Waals surface area contributed by atoms with Crippen LogP contribution in [0, 0.1) is 6.92 Å². The highest BCUT2D eigenvalue weighted by molar-refractivity contribution is 7.09. The lowest BCUT2D eigenvalue weighted by Gasteiger charge is -2.04. The van der Waals surface area contributed by atoms with Gasteiger partial charge >= 0.3 is 0 Å². The van der Waals surface area contributed by atoms with Crippen LogP contribution in [0.15, 0.2) is 17.6 Å². The largest absolute Gasteiger partial charge is 0.369 e. The number of nitrogens with zero attached hydrogens (tertiary/aromatic N) is 4. The van der Waals surface area contributed by atoms with Gasteiger partial charge in [0.2, 0.25) is 5.95 Å². The first-order chi connectivity index (χ1) is 9.13. The molecule has 0 unspecified atom stereocenters. The van der Waals surface area contributed by atoms with Gasteiger partial charge in [0.1, 0.15) is 5.52 Å². The minimum Gasteiger partial charge on any atom is -0.369 e. The molecule has 0 bridgehead atoms. The van der Waals surface area contributed by atoms with E-state index in [1.165, 1.54) is 0 Å². The van der Waals surface area contributed by atoms with Gasteiger partial charge in [0.25, 0.3) is 0 Å². The smallest absolute Gasteiger partial charge is 0.202 e. The predicted molar refractivity (Wildman–Crippen MR) is 77.5 cm³/mol. The third-order valence-electron chi connectivity index (χ3n) is 2.84. The van der Waals surface area contributed by atoms with E-state index < -0.39 is 0 Å². The number of nitrogen functional groups attached to an aromatic ring is 1. The number of pyridine rings is 1. The molecule has 98 valence electrons. The molecule has 3 aromatic rings. The quantitative estimate of drug-likeness (QED) is 0.806. The van der Waals surface area contributed by atoms with Crippen molar-refractivity contribution in [1.82, 2.24) is 19.5 Å². The fourth-order valence-electron chi connectivity index (χ4n) is 1.97. The lowest BCUT2D eigenvalue weighted by atomic mass is 10.3. The lowest BCUT2D eigenvalue weighted by molar-refractivity contribution is 0.709. The number of fused-ring (bicyclic) bond motifs is 1. The van der Waals surface area contributed by atoms with E-state index >= 15 is 0 Å². The molecule has 0 aliphatic heterocycles. The van der Waals surface area contributed by atoms with Crippen molar-refractivity contribution >= 4 is 40.0 Å². The maximum Gasteiger partial charge on any atom is 0.202 e. The SMILES string of the molecule is Cc1nc(CCn2c(N)nc3cc(Cl)cnc32)cs1. The monoisotopic (exact) mass is 293 g/mol. The Morgan fingerprint density at radius 3 is 3.00 bits per heavy atom. The zero-order valence-corrected chi connectivity index (χ0v) is 11.9. The molecule has 7 heteroatoms. The van der Waals surface area contributed by atoms with E-state index in [2.05, 4.69) is 20.3 Å². The zero-order chi connectivity index (χ0) is 13.4. The van der Waals surface area contributed by atoms with Crippen LogP contribution in [-0.4, -0.2) is 19.5 Å². The first-order valence-electron chi connectivity index (χ1n) is 5.82. The Labute approximate surface area is 119 Å². The van der Waals surface area contributed by atoms with Crippen LogP contribution in [0.5, 0.6) is 0 Å². The van der Waals surface area contributed by atoms with Crippen LogP contribution >= 0.6 is 22.9 Å². The summed E-state index contributed by atoms with van der Waals surface area (Å²) in [7, 11) is 0. The Bertz CT molecular complexity index is 733. The van der Waals surface area contributed by atoms with Crippen molar-refractivity contribution in [2.45, 2.75) is 19.9 Å². The van der Waals surface area contributed by atoms with Gasteiger partial charge in [-0.05, 0) is 13.0 Å². The summed E-state index contributed by atoms with van der Waals surface area (Å²) in [5.41, 5.74) is 8.47. The van der Waals surface area contributed by atoms with E-state index in [1.54, 1.807) is 23.6 Å². The molecular weight excluding hydrogens is 282 g/mol. The van der Waals surface area contributed by atoms with Crippen molar-refractivity contribution in [3.8, 4) is 0 Å². The molecule has 0 amide bonds. The summed E-state index contributed by atoms with van der Waals surface area (Å²) in [5.74, 6) is 0.455. The van der Waals surface area contributed by atoms with Crippen molar-refractivity contribution in [3.05, 3.63) is 33.4 Å². The van der Waals surface area contributed by atoms with Gasteiger partial charge in [-0.3, -0.25) is 4.57 Å². The number of rotatable bonds is 3. The van der Waals surface area contributed by atoms with Crippen molar-refractivity contribution < 1.29 is 0 Å². The Morgan fingerprint density at radius 1 is 1.42 bits per heavy atom. The highest BCUT2D eigenvalue weighted by Gasteiger charge is 2.10. The third-order valence-corrected chi connectivity index (χ3v) is 3.87. The Morgan fingerprint density at radius 2 is 2.26 bits per heavy atom. The van der Waals surface area contributed by atoms with Gasteiger partial charge < -0.3 is 5.73 Å². The number of nitrogens with two attached hydrogens (primary N) is 1. The fourth-order valence-corrected chi connectivity index (χ4v) is 2.77. The number of aromatic nitrogens is 4. The summed E-state index contributed by atoms with van der Waals surface area (Å²) in [6, 6.07) is 1.77. The Hall–Kier alpha value is -1.66.